The summed E-state index contributed by atoms with van der Waals surface area (Å²) in [6.07, 6.45) is 1.24. The fraction of sp³-hybridized carbons (Fsp3) is 0.250. The van der Waals surface area contributed by atoms with Crippen molar-refractivity contribution in [1.82, 2.24) is 9.71 Å². The van der Waals surface area contributed by atoms with Crippen molar-refractivity contribution in [3.63, 3.8) is 0 Å². The highest BCUT2D eigenvalue weighted by atomic mass is 32.2. The maximum atomic E-state index is 13.4. The summed E-state index contributed by atoms with van der Waals surface area (Å²) >= 11 is 0. The second-order valence-electron chi connectivity index (χ2n) is 4.05. The largest absolute Gasteiger partial charge is 0.447 e. The first-order valence-electron chi connectivity index (χ1n) is 5.55. The van der Waals surface area contributed by atoms with E-state index in [2.05, 4.69) is 9.71 Å². The molecule has 1 aromatic heterocycles. The SMILES string of the molecule is Cc1ncoc1CNS(=O)(=O)c1cccc(F)c1C. The van der Waals surface area contributed by atoms with E-state index in [0.29, 0.717) is 11.5 Å². The molecule has 0 aliphatic carbocycles. The molecule has 0 amide bonds. The lowest BCUT2D eigenvalue weighted by Crippen LogP contribution is -2.24. The second kappa shape index (κ2) is 5.10. The van der Waals surface area contributed by atoms with E-state index in [-0.39, 0.29) is 17.0 Å². The van der Waals surface area contributed by atoms with E-state index in [1.807, 2.05) is 0 Å². The van der Waals surface area contributed by atoms with Gasteiger partial charge in [-0.25, -0.2) is 22.5 Å². The fourth-order valence-electron chi connectivity index (χ4n) is 1.61. The first-order valence-corrected chi connectivity index (χ1v) is 7.04. The van der Waals surface area contributed by atoms with Gasteiger partial charge in [0.05, 0.1) is 17.1 Å². The van der Waals surface area contributed by atoms with Gasteiger partial charge >= 0.3 is 0 Å². The monoisotopic (exact) mass is 284 g/mol. The zero-order valence-electron chi connectivity index (χ0n) is 10.5. The summed E-state index contributed by atoms with van der Waals surface area (Å²) in [6, 6.07) is 3.93. The number of rotatable bonds is 4. The van der Waals surface area contributed by atoms with E-state index >= 15 is 0 Å². The minimum atomic E-state index is -3.78. The Bertz CT molecular complexity index is 695. The molecule has 0 atom stereocenters. The molecular formula is C12H13FN2O3S. The number of aromatic nitrogens is 1. The summed E-state index contributed by atoms with van der Waals surface area (Å²) in [7, 11) is -3.78. The van der Waals surface area contributed by atoms with Crippen LogP contribution in [0.4, 0.5) is 4.39 Å². The lowest BCUT2D eigenvalue weighted by molar-refractivity contribution is 0.492. The molecule has 0 fully saturated rings. The van der Waals surface area contributed by atoms with Crippen LogP contribution >= 0.6 is 0 Å². The highest BCUT2D eigenvalue weighted by Crippen LogP contribution is 2.18. The lowest BCUT2D eigenvalue weighted by atomic mass is 10.2. The van der Waals surface area contributed by atoms with Gasteiger partial charge in [0.25, 0.3) is 0 Å². The average molecular weight is 284 g/mol. The van der Waals surface area contributed by atoms with Crippen LogP contribution < -0.4 is 4.72 Å². The Labute approximate surface area is 110 Å². The maximum absolute atomic E-state index is 13.4. The number of oxazole rings is 1. The van der Waals surface area contributed by atoms with E-state index in [9.17, 15) is 12.8 Å². The van der Waals surface area contributed by atoms with Crippen molar-refractivity contribution >= 4 is 10.0 Å². The van der Waals surface area contributed by atoms with Gasteiger partial charge in [0, 0.05) is 5.56 Å². The molecule has 0 saturated carbocycles. The van der Waals surface area contributed by atoms with Crippen LogP contribution in [0.25, 0.3) is 0 Å². The van der Waals surface area contributed by atoms with Crippen LogP contribution in [0, 0.1) is 19.7 Å². The van der Waals surface area contributed by atoms with Gasteiger partial charge in [-0.05, 0) is 26.0 Å². The summed E-state index contributed by atoms with van der Waals surface area (Å²) < 4.78 is 44.9. The summed E-state index contributed by atoms with van der Waals surface area (Å²) in [5.74, 6) is -0.128. The van der Waals surface area contributed by atoms with Gasteiger partial charge in [-0.15, -0.1) is 0 Å². The summed E-state index contributed by atoms with van der Waals surface area (Å²) in [4.78, 5) is 3.78. The van der Waals surface area contributed by atoms with Crippen LogP contribution in [-0.4, -0.2) is 13.4 Å². The fourth-order valence-corrected chi connectivity index (χ4v) is 2.85. The molecular weight excluding hydrogens is 271 g/mol. The number of nitrogens with one attached hydrogen (secondary N) is 1. The number of hydrogen-bond acceptors (Lipinski definition) is 4. The average Bonchev–Trinajstić information content (AvgIpc) is 2.76. The van der Waals surface area contributed by atoms with Crippen LogP contribution in [0.1, 0.15) is 17.0 Å². The van der Waals surface area contributed by atoms with Gasteiger partial charge in [0.1, 0.15) is 11.6 Å². The van der Waals surface area contributed by atoms with E-state index in [0.717, 1.165) is 0 Å². The minimum Gasteiger partial charge on any atom is -0.447 e. The van der Waals surface area contributed by atoms with E-state index in [4.69, 9.17) is 4.42 Å². The highest BCUT2D eigenvalue weighted by Gasteiger charge is 2.19. The quantitative estimate of drug-likeness (QED) is 0.931. The van der Waals surface area contributed by atoms with Crippen LogP contribution in [-0.2, 0) is 16.6 Å². The molecule has 102 valence electrons. The minimum absolute atomic E-state index is 0.0237. The lowest BCUT2D eigenvalue weighted by Gasteiger charge is -2.08. The molecule has 2 aromatic rings. The third-order valence-corrected chi connectivity index (χ3v) is 4.32. The van der Waals surface area contributed by atoms with Crippen molar-refractivity contribution in [1.29, 1.82) is 0 Å². The topological polar surface area (TPSA) is 72.2 Å². The Balaban J connectivity index is 2.24. The van der Waals surface area contributed by atoms with Gasteiger partial charge in [0.15, 0.2) is 6.39 Å². The van der Waals surface area contributed by atoms with Crippen LogP contribution in [0.15, 0.2) is 33.9 Å². The molecule has 0 aliphatic heterocycles. The molecule has 19 heavy (non-hydrogen) atoms. The Hall–Kier alpha value is -1.73. The van der Waals surface area contributed by atoms with Gasteiger partial charge in [-0.1, -0.05) is 6.07 Å². The van der Waals surface area contributed by atoms with Crippen LogP contribution in [0.2, 0.25) is 0 Å². The molecule has 5 nitrogen and oxygen atoms in total. The number of benzene rings is 1. The number of sulfonamides is 1. The molecule has 1 heterocycles. The summed E-state index contributed by atoms with van der Waals surface area (Å²) in [5, 5.41) is 0. The van der Waals surface area contributed by atoms with Crippen LogP contribution in [0.5, 0.6) is 0 Å². The van der Waals surface area contributed by atoms with E-state index in [1.54, 1.807) is 6.92 Å². The number of halogens is 1. The third kappa shape index (κ3) is 2.82. The zero-order valence-corrected chi connectivity index (χ0v) is 11.3. The number of hydrogen-bond donors (Lipinski definition) is 1. The first-order chi connectivity index (χ1) is 8.92. The van der Waals surface area contributed by atoms with Gasteiger partial charge in [0.2, 0.25) is 10.0 Å². The molecule has 0 bridgehead atoms. The molecule has 0 saturated heterocycles. The van der Waals surface area contributed by atoms with Crippen molar-refractivity contribution < 1.29 is 17.2 Å². The first kappa shape index (κ1) is 13.7. The van der Waals surface area contributed by atoms with Crippen LogP contribution in [0.3, 0.4) is 0 Å². The molecule has 2 rings (SSSR count). The zero-order chi connectivity index (χ0) is 14.0. The Morgan fingerprint density at radius 3 is 2.74 bits per heavy atom. The summed E-state index contributed by atoms with van der Waals surface area (Å²) in [6.45, 7) is 3.11. The van der Waals surface area contributed by atoms with Gasteiger partial charge in [-0.2, -0.15) is 0 Å². The normalized spacial score (nSPS) is 11.7. The van der Waals surface area contributed by atoms with Crippen molar-refractivity contribution in [2.75, 3.05) is 0 Å². The molecule has 7 heteroatoms. The molecule has 0 spiro atoms. The molecule has 0 unspecified atom stereocenters. The predicted octanol–water partition coefficient (Wildman–Crippen LogP) is 1.91. The Kier molecular flexibility index (Phi) is 3.68. The van der Waals surface area contributed by atoms with Gasteiger partial charge in [-0.3, -0.25) is 0 Å². The Morgan fingerprint density at radius 1 is 1.37 bits per heavy atom. The van der Waals surface area contributed by atoms with Crippen molar-refractivity contribution in [2.24, 2.45) is 0 Å². The predicted molar refractivity (Wildman–Crippen MR) is 66.4 cm³/mol. The number of aryl methyl sites for hydroxylation is 1. The van der Waals surface area contributed by atoms with Crippen molar-refractivity contribution in [2.45, 2.75) is 25.3 Å². The highest BCUT2D eigenvalue weighted by molar-refractivity contribution is 7.89. The van der Waals surface area contributed by atoms with Crippen molar-refractivity contribution in [3.05, 3.63) is 47.4 Å². The Morgan fingerprint density at radius 2 is 2.11 bits per heavy atom. The van der Waals surface area contributed by atoms with E-state index in [1.165, 1.54) is 31.5 Å². The second-order valence-corrected chi connectivity index (χ2v) is 5.78. The maximum Gasteiger partial charge on any atom is 0.241 e. The molecule has 0 aliphatic rings. The van der Waals surface area contributed by atoms with Crippen molar-refractivity contribution in [3.8, 4) is 0 Å². The van der Waals surface area contributed by atoms with E-state index < -0.39 is 15.8 Å². The molecule has 1 N–H and O–H groups in total. The third-order valence-electron chi connectivity index (χ3n) is 2.78. The molecule has 1 aromatic carbocycles. The molecule has 0 radical (unpaired) electrons. The standard InChI is InChI=1S/C12H13FN2O3S/c1-8-10(13)4-3-5-12(8)19(16,17)15-6-11-9(2)14-7-18-11/h3-5,7,15H,6H2,1-2H3. The summed E-state index contributed by atoms with van der Waals surface area (Å²) in [5.41, 5.74) is 0.697. The number of nitrogens with zero attached hydrogens (tertiary/aromatic N) is 1. The smallest absolute Gasteiger partial charge is 0.241 e. The van der Waals surface area contributed by atoms with Gasteiger partial charge < -0.3 is 4.42 Å².